The Morgan fingerprint density at radius 1 is 0.680 bits per heavy atom. The van der Waals surface area contributed by atoms with E-state index in [9.17, 15) is 22.6 Å². The van der Waals surface area contributed by atoms with Crippen LogP contribution in [0.25, 0.3) is 11.4 Å². The summed E-state index contributed by atoms with van der Waals surface area (Å²) >= 11 is 10.0. The van der Waals surface area contributed by atoms with Crippen LogP contribution in [0.15, 0.2) is 112 Å². The molecular weight excluding hydrogens is 940 g/mol. The van der Waals surface area contributed by atoms with Gasteiger partial charge in [0.2, 0.25) is 0 Å². The predicted molar refractivity (Wildman–Crippen MR) is 171 cm³/mol. The van der Waals surface area contributed by atoms with Gasteiger partial charge in [-0.15, -0.1) is 10.2 Å². The van der Waals surface area contributed by atoms with Gasteiger partial charge in [-0.05, 0) is 87.9 Å². The second-order valence-corrected chi connectivity index (χ2v) is 11.6. The fraction of sp³-hybridized carbons (Fsp3) is 0.0345. The number of nitrogens with one attached hydrogen (secondary N) is 2. The minimum absolute atomic E-state index is 0. The molecule has 2 N–H and O–H groups in total. The van der Waals surface area contributed by atoms with Gasteiger partial charge in [0.15, 0.2) is 0 Å². The molecule has 50 heavy (non-hydrogen) atoms. The van der Waals surface area contributed by atoms with Crippen molar-refractivity contribution in [3.8, 4) is 11.4 Å². The molecule has 6 rings (SSSR count). The first-order valence-electron chi connectivity index (χ1n) is 13.4. The molecule has 21 heteroatoms. The van der Waals surface area contributed by atoms with E-state index in [1.807, 2.05) is 31.2 Å². The van der Waals surface area contributed by atoms with Crippen molar-refractivity contribution >= 4 is 58.6 Å². The average Bonchev–Trinajstić information content (AvgIpc) is 3.69. The molecule has 0 fully saturated rings. The normalized spacial score (nSPS) is 10.2. The minimum atomic E-state index is -4.78. The van der Waals surface area contributed by atoms with Gasteiger partial charge in [0.1, 0.15) is 10.1 Å². The van der Waals surface area contributed by atoms with Crippen molar-refractivity contribution in [3.05, 3.63) is 114 Å². The van der Waals surface area contributed by atoms with E-state index in [4.69, 9.17) is 25.3 Å². The van der Waals surface area contributed by atoms with E-state index >= 15 is 0 Å². The number of anilines is 2. The van der Waals surface area contributed by atoms with E-state index < -0.39 is 20.9 Å². The third kappa shape index (κ3) is 11.7. The van der Waals surface area contributed by atoms with Crippen LogP contribution in [0.3, 0.4) is 0 Å². The molecule has 0 unspecified atom stereocenters. The van der Waals surface area contributed by atoms with Crippen molar-refractivity contribution in [2.24, 2.45) is 0 Å². The molecule has 0 radical (unpaired) electrons. The van der Waals surface area contributed by atoms with E-state index in [1.165, 1.54) is 27.6 Å². The van der Waals surface area contributed by atoms with Gasteiger partial charge in [0, 0.05) is 27.3 Å². The van der Waals surface area contributed by atoms with Gasteiger partial charge in [-0.2, -0.15) is 0 Å². The number of amides is 2. The molecule has 248 valence electrons. The van der Waals surface area contributed by atoms with E-state index in [0.717, 1.165) is 11.6 Å². The standard InChI is InChI=1S/C15H13N5OS.C14H11N5O4S2.Au.2K/c1-10-5-2-3-8-13(10)14(21)16-11-6-4-7-12(9-11)20-15(22)17-18-19-20;20-13(11-6-1-2-7-12(11)25(21,22)23)15-9-4-3-5-10(8-9)19-14(24)16-17-18-19;;;/h2-9H,1H3,(H,16,21)(H,17,19,22);1-8H,(H,15,20)(H,16,18,24)(H,21,22,23);;;/q;;3*+1/p-3. The number of aryl methyl sites for hydroxylation is 1. The largest absolute Gasteiger partial charge is 1.00 e. The van der Waals surface area contributed by atoms with Crippen LogP contribution in [0.4, 0.5) is 11.4 Å². The Labute approximate surface area is 398 Å². The molecule has 0 saturated carbocycles. The summed E-state index contributed by atoms with van der Waals surface area (Å²) in [5, 5.41) is 27.6. The predicted octanol–water partition coefficient (Wildman–Crippen LogP) is -3.14. The zero-order valence-corrected chi connectivity index (χ0v) is 37.2. The molecule has 0 aliphatic heterocycles. The molecule has 15 nitrogen and oxygen atoms in total. The van der Waals surface area contributed by atoms with Crippen molar-refractivity contribution in [3.63, 3.8) is 0 Å². The molecule has 4 aromatic carbocycles. The number of tetrazole rings is 2. The zero-order valence-electron chi connectivity index (χ0n) is 26.4. The SMILES string of the molecule is Cc1ccccc1C(=O)Nc1cccc(-n2nnnc2[S-])c1.O=C(Nc1cccc(-n2nnnc2[S-])c1)c1ccccc1S(=O)(=O)[O-].[Au+].[K+].[K+]. The topological polar surface area (TPSA) is 203 Å². The summed E-state index contributed by atoms with van der Waals surface area (Å²) in [6.07, 6.45) is 0. The van der Waals surface area contributed by atoms with Crippen LogP contribution in [0.2, 0.25) is 0 Å². The van der Waals surface area contributed by atoms with Crippen molar-refractivity contribution in [1.82, 2.24) is 40.4 Å². The Bertz CT molecular complexity index is 2210. The van der Waals surface area contributed by atoms with Crippen LogP contribution in [-0.4, -0.2) is 65.2 Å². The maximum absolute atomic E-state index is 12.4. The molecule has 0 bridgehead atoms. The molecule has 0 atom stereocenters. The van der Waals surface area contributed by atoms with Crippen LogP contribution in [0.5, 0.6) is 0 Å². The first-order valence-corrected chi connectivity index (χ1v) is 15.6. The van der Waals surface area contributed by atoms with E-state index in [1.54, 1.807) is 48.5 Å². The molecule has 2 heterocycles. The summed E-state index contributed by atoms with van der Waals surface area (Å²) in [4.78, 5) is 24.1. The average molecular weight is 961 g/mol. The number of nitrogens with zero attached hydrogens (tertiary/aromatic N) is 8. The van der Waals surface area contributed by atoms with E-state index in [-0.39, 0.29) is 147 Å². The monoisotopic (exact) mass is 960 g/mol. The van der Waals surface area contributed by atoms with Gasteiger partial charge >= 0.3 is 125 Å². The fourth-order valence-corrected chi connectivity index (χ4v) is 5.24. The fourth-order valence-electron chi connectivity index (χ4n) is 4.21. The Hall–Kier alpha value is -1.68. The molecule has 0 aliphatic carbocycles. The Morgan fingerprint density at radius 3 is 1.56 bits per heavy atom. The third-order valence-corrected chi connectivity index (χ3v) is 7.77. The molecule has 0 saturated heterocycles. The molecule has 2 aromatic heterocycles. The van der Waals surface area contributed by atoms with Crippen LogP contribution in [-0.2, 0) is 57.8 Å². The van der Waals surface area contributed by atoms with Gasteiger partial charge in [-0.3, -0.25) is 9.59 Å². The summed E-state index contributed by atoms with van der Waals surface area (Å²) < 4.78 is 36.6. The number of benzene rings is 4. The maximum Gasteiger partial charge on any atom is 1.00 e. The van der Waals surface area contributed by atoms with Crippen LogP contribution in [0.1, 0.15) is 26.3 Å². The van der Waals surface area contributed by atoms with Gasteiger partial charge in [-0.25, -0.2) is 17.8 Å². The van der Waals surface area contributed by atoms with Gasteiger partial charge < -0.3 is 40.4 Å². The molecule has 0 spiro atoms. The molecule has 2 amide bonds. The number of carbonyl (C=O) groups excluding carboxylic acids is 2. The second-order valence-electron chi connectivity index (χ2n) is 9.52. The Kier molecular flexibility index (Phi) is 18.3. The number of hydrogen-bond donors (Lipinski definition) is 2. The summed E-state index contributed by atoms with van der Waals surface area (Å²) in [7, 11) is -4.78. The Morgan fingerprint density at radius 2 is 1.12 bits per heavy atom. The maximum atomic E-state index is 12.4. The van der Waals surface area contributed by atoms with Gasteiger partial charge in [-0.1, -0.05) is 42.5 Å². The molecular formula is C29H21AuK2N10O5S3. The van der Waals surface area contributed by atoms with Crippen LogP contribution < -0.4 is 113 Å². The first-order chi connectivity index (χ1) is 22.5. The van der Waals surface area contributed by atoms with E-state index in [0.29, 0.717) is 28.3 Å². The molecule has 0 aliphatic rings. The van der Waals surface area contributed by atoms with Crippen LogP contribution in [0, 0.1) is 6.92 Å². The second kappa shape index (κ2) is 20.5. The number of aromatic nitrogens is 8. The number of carbonyl (C=O) groups is 2. The van der Waals surface area contributed by atoms with Crippen molar-refractivity contribution in [2.75, 3.05) is 10.6 Å². The first kappa shape index (κ1) is 44.5. The van der Waals surface area contributed by atoms with Crippen molar-refractivity contribution in [2.45, 2.75) is 22.1 Å². The summed E-state index contributed by atoms with van der Waals surface area (Å²) in [6, 6.07) is 26.2. The van der Waals surface area contributed by atoms with E-state index in [2.05, 4.69) is 41.7 Å². The zero-order chi connectivity index (χ0) is 33.6. The van der Waals surface area contributed by atoms with Crippen molar-refractivity contribution in [1.29, 1.82) is 0 Å². The summed E-state index contributed by atoms with van der Waals surface area (Å²) in [5.41, 5.74) is 3.52. The third-order valence-electron chi connectivity index (χ3n) is 6.37. The van der Waals surface area contributed by atoms with Gasteiger partial charge in [0.25, 0.3) is 11.8 Å². The van der Waals surface area contributed by atoms with Crippen molar-refractivity contribution < 1.29 is 148 Å². The Balaban J connectivity index is 0.000000329. The molecule has 6 aromatic rings. The number of hydrogen-bond acceptors (Lipinski definition) is 13. The van der Waals surface area contributed by atoms with Crippen LogP contribution >= 0.6 is 0 Å². The van der Waals surface area contributed by atoms with Gasteiger partial charge in [0.05, 0.1) is 21.8 Å². The quantitative estimate of drug-likeness (QED) is 0.0925. The summed E-state index contributed by atoms with van der Waals surface area (Å²) in [5.74, 6) is -0.895. The minimum Gasteiger partial charge on any atom is -0.744 e. The summed E-state index contributed by atoms with van der Waals surface area (Å²) in [6.45, 7) is 1.90. The number of rotatable bonds is 7. The smallest absolute Gasteiger partial charge is 0.744 e.